The number of aromatic hydroxyl groups is 2. The first-order valence-corrected chi connectivity index (χ1v) is 9.88. The molecule has 2 aliphatic heterocycles. The molecule has 2 aromatic rings. The largest absolute Gasteiger partial charge is 0.508 e. The van der Waals surface area contributed by atoms with Gasteiger partial charge in [-0.1, -0.05) is 0 Å². The van der Waals surface area contributed by atoms with Crippen LogP contribution in [0.2, 0.25) is 0 Å². The molecule has 0 amide bonds. The van der Waals surface area contributed by atoms with E-state index in [9.17, 15) is 10.2 Å². The minimum Gasteiger partial charge on any atom is -0.508 e. The number of hydrogen-bond acceptors (Lipinski definition) is 7. The maximum absolute atomic E-state index is 10.5. The molecular formula is C22H27N3O4. The van der Waals surface area contributed by atoms with Crippen molar-refractivity contribution in [3.8, 4) is 23.0 Å². The number of rotatable bonds is 5. The number of anilines is 1. The van der Waals surface area contributed by atoms with Gasteiger partial charge >= 0.3 is 0 Å². The topological polar surface area (TPSA) is 77.4 Å². The van der Waals surface area contributed by atoms with Crippen molar-refractivity contribution < 1.29 is 19.8 Å². The summed E-state index contributed by atoms with van der Waals surface area (Å²) in [7, 11) is 3.94. The number of hydroxylamine groups is 2. The van der Waals surface area contributed by atoms with Crippen LogP contribution in [0.25, 0.3) is 5.76 Å². The highest BCUT2D eigenvalue weighted by molar-refractivity contribution is 5.72. The summed E-state index contributed by atoms with van der Waals surface area (Å²) in [6.07, 6.45) is 4.00. The lowest BCUT2D eigenvalue weighted by atomic mass is 10.1. The number of ether oxygens (including phenoxy) is 1. The molecule has 0 atom stereocenters. The van der Waals surface area contributed by atoms with E-state index in [-0.39, 0.29) is 17.2 Å². The molecule has 4 rings (SSSR count). The zero-order valence-electron chi connectivity index (χ0n) is 16.8. The molecule has 1 saturated heterocycles. The first-order valence-electron chi connectivity index (χ1n) is 9.88. The lowest BCUT2D eigenvalue weighted by Gasteiger charge is -2.30. The Kier molecular flexibility index (Phi) is 5.51. The van der Waals surface area contributed by atoms with Gasteiger partial charge in [-0.2, -0.15) is 0 Å². The second-order valence-corrected chi connectivity index (χ2v) is 7.57. The summed E-state index contributed by atoms with van der Waals surface area (Å²) >= 11 is 0. The van der Waals surface area contributed by atoms with Crippen LogP contribution >= 0.6 is 0 Å². The number of phenolic OH excluding ortho intramolecular Hbond substituents is 2. The zero-order chi connectivity index (χ0) is 20.4. The normalized spacial score (nSPS) is 17.7. The van der Waals surface area contributed by atoms with Gasteiger partial charge < -0.3 is 30.0 Å². The van der Waals surface area contributed by atoms with Crippen molar-refractivity contribution in [3.05, 3.63) is 48.0 Å². The SMILES string of the molecule is CN(C)c1ccc(Oc2c(O)cc(O)cc2C2=CCN(C3CCNCC3)O2)cc1. The quantitative estimate of drug-likeness (QED) is 0.715. The molecule has 29 heavy (non-hydrogen) atoms. The zero-order valence-corrected chi connectivity index (χ0v) is 16.8. The van der Waals surface area contributed by atoms with Gasteiger partial charge in [0.15, 0.2) is 17.3 Å². The van der Waals surface area contributed by atoms with Crippen LogP contribution < -0.4 is 15.0 Å². The number of nitrogens with one attached hydrogen (secondary N) is 1. The van der Waals surface area contributed by atoms with Crippen LogP contribution in [0.5, 0.6) is 23.0 Å². The van der Waals surface area contributed by atoms with E-state index in [2.05, 4.69) is 5.32 Å². The Hall–Kier alpha value is -2.90. The Morgan fingerprint density at radius 1 is 1.10 bits per heavy atom. The average molecular weight is 397 g/mol. The van der Waals surface area contributed by atoms with Crippen LogP contribution in [-0.2, 0) is 4.84 Å². The van der Waals surface area contributed by atoms with Crippen molar-refractivity contribution in [2.24, 2.45) is 0 Å². The van der Waals surface area contributed by atoms with Gasteiger partial charge in [-0.3, -0.25) is 0 Å². The van der Waals surface area contributed by atoms with Crippen LogP contribution in [0.4, 0.5) is 5.69 Å². The third-order valence-corrected chi connectivity index (χ3v) is 5.28. The summed E-state index contributed by atoms with van der Waals surface area (Å²) in [6, 6.07) is 10.7. The fraction of sp³-hybridized carbons (Fsp3) is 0.364. The van der Waals surface area contributed by atoms with Gasteiger partial charge in [0.2, 0.25) is 0 Å². The fourth-order valence-corrected chi connectivity index (χ4v) is 3.67. The second-order valence-electron chi connectivity index (χ2n) is 7.57. The molecule has 0 aromatic heterocycles. The van der Waals surface area contributed by atoms with Gasteiger partial charge in [-0.05, 0) is 62.3 Å². The van der Waals surface area contributed by atoms with Crippen LogP contribution in [0.15, 0.2) is 42.5 Å². The summed E-state index contributed by atoms with van der Waals surface area (Å²) in [4.78, 5) is 8.08. The summed E-state index contributed by atoms with van der Waals surface area (Å²) in [5.41, 5.74) is 1.57. The molecule has 2 aliphatic rings. The molecule has 2 aromatic carbocycles. The molecular weight excluding hydrogens is 370 g/mol. The first-order chi connectivity index (χ1) is 14.0. The second kappa shape index (κ2) is 8.23. The Balaban J connectivity index is 1.57. The van der Waals surface area contributed by atoms with E-state index in [1.54, 1.807) is 6.07 Å². The minimum absolute atomic E-state index is 0.0439. The lowest BCUT2D eigenvalue weighted by molar-refractivity contribution is -0.105. The number of benzene rings is 2. The molecule has 0 unspecified atom stereocenters. The molecule has 0 saturated carbocycles. The molecule has 0 spiro atoms. The van der Waals surface area contributed by atoms with E-state index in [1.807, 2.05) is 54.4 Å². The van der Waals surface area contributed by atoms with Gasteiger partial charge in [0.25, 0.3) is 0 Å². The van der Waals surface area contributed by atoms with Crippen molar-refractivity contribution >= 4 is 11.4 Å². The number of piperidine rings is 1. The number of phenols is 2. The molecule has 154 valence electrons. The van der Waals surface area contributed by atoms with E-state index in [4.69, 9.17) is 9.57 Å². The molecule has 7 nitrogen and oxygen atoms in total. The predicted octanol–water partition coefficient (Wildman–Crippen LogP) is 3.30. The van der Waals surface area contributed by atoms with Crippen molar-refractivity contribution in [1.29, 1.82) is 0 Å². The Morgan fingerprint density at radius 2 is 1.83 bits per heavy atom. The summed E-state index contributed by atoms with van der Waals surface area (Å²) < 4.78 is 5.99. The Morgan fingerprint density at radius 3 is 2.52 bits per heavy atom. The predicted molar refractivity (Wildman–Crippen MR) is 112 cm³/mol. The standard InChI is InChI=1S/C22H27N3O4/c1-24(2)15-3-5-18(6-4-15)28-22-19(13-17(26)14-20(22)27)21-9-12-25(29-21)16-7-10-23-11-8-16/h3-6,9,13-14,16,23,26-27H,7-8,10-12H2,1-2H3. The maximum atomic E-state index is 10.5. The third-order valence-electron chi connectivity index (χ3n) is 5.28. The molecule has 3 N–H and O–H groups in total. The van der Waals surface area contributed by atoms with Crippen molar-refractivity contribution in [2.75, 3.05) is 38.6 Å². The fourth-order valence-electron chi connectivity index (χ4n) is 3.67. The molecule has 0 aliphatic carbocycles. The van der Waals surface area contributed by atoms with Gasteiger partial charge in [-0.15, -0.1) is 5.06 Å². The lowest BCUT2D eigenvalue weighted by Crippen LogP contribution is -2.41. The molecule has 0 radical (unpaired) electrons. The van der Waals surface area contributed by atoms with E-state index < -0.39 is 0 Å². The van der Waals surface area contributed by atoms with Crippen LogP contribution in [-0.4, -0.2) is 55.0 Å². The van der Waals surface area contributed by atoms with E-state index >= 15 is 0 Å². The van der Waals surface area contributed by atoms with Crippen LogP contribution in [0, 0.1) is 0 Å². The van der Waals surface area contributed by atoms with Gasteiger partial charge in [0.1, 0.15) is 11.5 Å². The van der Waals surface area contributed by atoms with Crippen molar-refractivity contribution in [2.45, 2.75) is 18.9 Å². The van der Waals surface area contributed by atoms with Crippen LogP contribution in [0.3, 0.4) is 0 Å². The van der Waals surface area contributed by atoms with Gasteiger partial charge in [0, 0.05) is 31.9 Å². The molecule has 2 heterocycles. The van der Waals surface area contributed by atoms with E-state index in [1.165, 1.54) is 6.07 Å². The monoisotopic (exact) mass is 397 g/mol. The summed E-state index contributed by atoms with van der Waals surface area (Å²) in [5, 5.41) is 25.8. The van der Waals surface area contributed by atoms with Crippen molar-refractivity contribution in [3.63, 3.8) is 0 Å². The molecule has 0 bridgehead atoms. The highest BCUT2D eigenvalue weighted by atomic mass is 16.7. The maximum Gasteiger partial charge on any atom is 0.180 e. The third kappa shape index (κ3) is 4.26. The van der Waals surface area contributed by atoms with Crippen LogP contribution in [0.1, 0.15) is 18.4 Å². The van der Waals surface area contributed by atoms with Gasteiger partial charge in [0.05, 0.1) is 12.1 Å². The van der Waals surface area contributed by atoms with Crippen molar-refractivity contribution in [1.82, 2.24) is 10.4 Å². The summed E-state index contributed by atoms with van der Waals surface area (Å²) in [6.45, 7) is 2.61. The Labute approximate surface area is 170 Å². The summed E-state index contributed by atoms with van der Waals surface area (Å²) in [5.74, 6) is 1.25. The van der Waals surface area contributed by atoms with E-state index in [0.717, 1.165) is 31.6 Å². The smallest absolute Gasteiger partial charge is 0.180 e. The first kappa shape index (κ1) is 19.4. The molecule has 7 heteroatoms. The van der Waals surface area contributed by atoms with E-state index in [0.29, 0.717) is 29.7 Å². The average Bonchev–Trinajstić information content (AvgIpc) is 3.21. The Bertz CT molecular complexity index is 890. The van der Waals surface area contributed by atoms with Gasteiger partial charge in [-0.25, -0.2) is 0 Å². The molecule has 1 fully saturated rings. The highest BCUT2D eigenvalue weighted by Crippen LogP contribution is 2.43. The minimum atomic E-state index is -0.137. The number of hydrogen-bond donors (Lipinski definition) is 3. The number of nitrogens with zero attached hydrogens (tertiary/aromatic N) is 2. The highest BCUT2D eigenvalue weighted by Gasteiger charge is 2.29.